The van der Waals surface area contributed by atoms with E-state index in [0.29, 0.717) is 41.8 Å². The fourth-order valence-electron chi connectivity index (χ4n) is 3.55. The molecule has 0 heterocycles. The zero-order valence-electron chi connectivity index (χ0n) is 21.7. The predicted molar refractivity (Wildman–Crippen MR) is 141 cm³/mol. The second kappa shape index (κ2) is 13.8. The van der Waals surface area contributed by atoms with Gasteiger partial charge in [0.05, 0.1) is 14.2 Å². The first-order valence-electron chi connectivity index (χ1n) is 11.2. The molecule has 4 rings (SSSR count). The number of carbonyl (C=O) groups excluding carboxylic acids is 1. The maximum atomic E-state index is 13.4. The fraction of sp³-hybridized carbons (Fsp3) is 0.138. The molecular weight excluding hydrogens is 466 g/mol. The van der Waals surface area contributed by atoms with Crippen LogP contribution in [0.25, 0.3) is 0 Å². The van der Waals surface area contributed by atoms with Crippen molar-refractivity contribution in [1.29, 1.82) is 0 Å². The summed E-state index contributed by atoms with van der Waals surface area (Å²) in [6.07, 6.45) is 0. The van der Waals surface area contributed by atoms with Gasteiger partial charge in [-0.25, -0.2) is 0 Å². The summed E-state index contributed by atoms with van der Waals surface area (Å²) < 4.78 is 23.0. The summed E-state index contributed by atoms with van der Waals surface area (Å²) in [4.78, 5) is 13.4. The predicted octanol–water partition coefficient (Wildman–Crippen LogP) is 3.12. The van der Waals surface area contributed by atoms with Crippen molar-refractivity contribution in [3.8, 4) is 23.0 Å². The Hall–Kier alpha value is -3.22. The molecule has 0 bridgehead atoms. The smallest absolute Gasteiger partial charge is 1.00 e. The monoisotopic (exact) mass is 494 g/mol. The van der Waals surface area contributed by atoms with Crippen LogP contribution in [0.1, 0.15) is 22.9 Å². The summed E-state index contributed by atoms with van der Waals surface area (Å²) in [5.41, 5.74) is 2.44. The van der Waals surface area contributed by atoms with Crippen LogP contribution in [0, 0.1) is 0 Å². The van der Waals surface area contributed by atoms with Crippen LogP contribution in [0.4, 0.5) is 0 Å². The minimum Gasteiger partial charge on any atom is -1.00 e. The molecule has 180 valence electrons. The number of rotatable bonds is 11. The zero-order chi connectivity index (χ0) is 24.5. The van der Waals surface area contributed by atoms with Gasteiger partial charge in [-0.2, -0.15) is 0 Å². The molecule has 0 N–H and O–H groups in total. The second-order valence-corrected chi connectivity index (χ2v) is 8.94. The first kappa shape index (κ1) is 27.4. The maximum absolute atomic E-state index is 13.4. The summed E-state index contributed by atoms with van der Waals surface area (Å²) in [6.45, 7) is 0.824. The molecule has 36 heavy (non-hydrogen) atoms. The third-order valence-electron chi connectivity index (χ3n) is 5.34. The van der Waals surface area contributed by atoms with Crippen LogP contribution in [0.2, 0.25) is 0 Å². The number of hydrogen-bond donors (Lipinski definition) is 0. The van der Waals surface area contributed by atoms with Gasteiger partial charge in [0, 0.05) is 11.4 Å². The standard InChI is InChI=1S/C29H27O5P.Li.H/c1-31-24-14-9-15-25(32-2)28(24)29(30)35-27-17-16-23(33-19-21-10-5-3-6-11-21)18-26(27)34-20-22-12-7-4-8-13-22;;/h3-18,35H,19-20H2,1-2H3;;/q;+1;-1. The van der Waals surface area contributed by atoms with Crippen LogP contribution in [-0.4, -0.2) is 19.7 Å². The summed E-state index contributed by atoms with van der Waals surface area (Å²) in [6, 6.07) is 30.8. The van der Waals surface area contributed by atoms with Gasteiger partial charge in [0.15, 0.2) is 5.52 Å². The molecule has 0 saturated heterocycles. The number of carbonyl (C=O) groups is 1. The van der Waals surface area contributed by atoms with E-state index in [9.17, 15) is 4.79 Å². The van der Waals surface area contributed by atoms with Crippen LogP contribution >= 0.6 is 8.58 Å². The first-order chi connectivity index (χ1) is 17.2. The molecule has 7 heteroatoms. The van der Waals surface area contributed by atoms with Crippen LogP contribution in [0.15, 0.2) is 97.1 Å². The molecule has 0 fully saturated rings. The van der Waals surface area contributed by atoms with Gasteiger partial charge in [0.2, 0.25) is 0 Å². The van der Waals surface area contributed by atoms with Gasteiger partial charge < -0.3 is 20.4 Å². The van der Waals surface area contributed by atoms with Crippen LogP contribution in [-0.2, 0) is 13.2 Å². The van der Waals surface area contributed by atoms with Gasteiger partial charge >= 0.3 is 18.9 Å². The second-order valence-electron chi connectivity index (χ2n) is 7.70. The third kappa shape index (κ3) is 7.15. The average molecular weight is 494 g/mol. The molecule has 5 nitrogen and oxygen atoms in total. The number of methoxy groups -OCH3 is 2. The minimum absolute atomic E-state index is 0. The van der Waals surface area contributed by atoms with E-state index in [4.69, 9.17) is 18.9 Å². The number of ether oxygens (including phenoxy) is 4. The Balaban J connectivity index is 0.00000241. The molecule has 0 saturated carbocycles. The summed E-state index contributed by atoms with van der Waals surface area (Å²) in [5.74, 6) is 2.25. The van der Waals surface area contributed by atoms with Crippen molar-refractivity contribution in [1.82, 2.24) is 0 Å². The molecule has 0 aliphatic carbocycles. The fourth-order valence-corrected chi connectivity index (χ4v) is 4.60. The van der Waals surface area contributed by atoms with Gasteiger partial charge in [0.25, 0.3) is 0 Å². The Morgan fingerprint density at radius 1 is 0.694 bits per heavy atom. The maximum Gasteiger partial charge on any atom is 1.00 e. The van der Waals surface area contributed by atoms with Crippen molar-refractivity contribution in [2.75, 3.05) is 14.2 Å². The number of benzene rings is 4. The molecule has 1 atom stereocenters. The Morgan fingerprint density at radius 2 is 1.25 bits per heavy atom. The molecule has 0 aliphatic rings. The van der Waals surface area contributed by atoms with Gasteiger partial charge in [0.1, 0.15) is 41.8 Å². The van der Waals surface area contributed by atoms with Crippen LogP contribution < -0.4 is 43.1 Å². The van der Waals surface area contributed by atoms with Gasteiger partial charge in [-0.15, -0.1) is 0 Å². The molecular formula is C29H28LiO5P. The molecule has 4 aromatic carbocycles. The van der Waals surface area contributed by atoms with E-state index in [1.807, 2.05) is 78.9 Å². The molecule has 0 aliphatic heterocycles. The van der Waals surface area contributed by atoms with E-state index in [0.717, 1.165) is 16.4 Å². The van der Waals surface area contributed by atoms with Crippen molar-refractivity contribution in [3.05, 3.63) is 114 Å². The molecule has 1 unspecified atom stereocenters. The van der Waals surface area contributed by atoms with E-state index in [-0.39, 0.29) is 34.4 Å². The van der Waals surface area contributed by atoms with Crippen molar-refractivity contribution in [3.63, 3.8) is 0 Å². The largest absolute Gasteiger partial charge is 1.00 e. The minimum atomic E-state index is -0.187. The third-order valence-corrected chi connectivity index (χ3v) is 6.50. The topological polar surface area (TPSA) is 54.0 Å². The van der Waals surface area contributed by atoms with Gasteiger partial charge in [-0.1, -0.05) is 66.7 Å². The number of hydrogen-bond acceptors (Lipinski definition) is 5. The van der Waals surface area contributed by atoms with Crippen LogP contribution in [0.5, 0.6) is 23.0 Å². The SMILES string of the molecule is COc1cccc(OC)c1C(=O)Pc1ccc(OCc2ccccc2)cc1OCc1ccccc1.[H-].[Li+]. The average Bonchev–Trinajstić information content (AvgIpc) is 2.92. The summed E-state index contributed by atoms with van der Waals surface area (Å²) in [5, 5.41) is 0.783. The molecule has 4 aromatic rings. The first-order valence-corrected chi connectivity index (χ1v) is 12.2. The van der Waals surface area contributed by atoms with Crippen molar-refractivity contribution >= 4 is 19.4 Å². The Labute approximate surface area is 227 Å². The quantitative estimate of drug-likeness (QED) is 0.237. The van der Waals surface area contributed by atoms with Gasteiger partial charge in [-0.3, -0.25) is 4.79 Å². The van der Waals surface area contributed by atoms with E-state index in [1.54, 1.807) is 32.4 Å². The van der Waals surface area contributed by atoms with Crippen molar-refractivity contribution in [2.45, 2.75) is 13.2 Å². The Bertz CT molecular complexity index is 1250. The normalized spacial score (nSPS) is 10.5. The van der Waals surface area contributed by atoms with Crippen LogP contribution in [0.3, 0.4) is 0 Å². The Morgan fingerprint density at radius 3 is 1.81 bits per heavy atom. The van der Waals surface area contributed by atoms with E-state index in [2.05, 4.69) is 0 Å². The summed E-state index contributed by atoms with van der Waals surface area (Å²) in [7, 11) is 2.90. The molecule has 0 aromatic heterocycles. The summed E-state index contributed by atoms with van der Waals surface area (Å²) >= 11 is 0. The van der Waals surface area contributed by atoms with Crippen molar-refractivity contribution in [2.24, 2.45) is 0 Å². The van der Waals surface area contributed by atoms with E-state index in [1.165, 1.54) is 0 Å². The van der Waals surface area contributed by atoms with E-state index >= 15 is 0 Å². The molecule has 0 radical (unpaired) electrons. The molecule has 0 amide bonds. The molecule has 0 spiro atoms. The zero-order valence-corrected chi connectivity index (χ0v) is 21.7. The van der Waals surface area contributed by atoms with Crippen molar-refractivity contribution < 1.29 is 44.0 Å². The van der Waals surface area contributed by atoms with Gasteiger partial charge in [-0.05, 0) is 44.0 Å². The Kier molecular flexibility index (Phi) is 10.5. The van der Waals surface area contributed by atoms with E-state index < -0.39 is 0 Å².